The molecule has 21 heavy (non-hydrogen) atoms. The van der Waals surface area contributed by atoms with E-state index < -0.39 is 0 Å². The summed E-state index contributed by atoms with van der Waals surface area (Å²) >= 11 is 6.00. The molecule has 3 rings (SSSR count). The second-order valence-electron chi connectivity index (χ2n) is 5.29. The second kappa shape index (κ2) is 5.88. The monoisotopic (exact) mass is 300 g/mol. The van der Waals surface area contributed by atoms with Gasteiger partial charge in [0.05, 0.1) is 0 Å². The molecule has 0 saturated heterocycles. The molecule has 1 aliphatic heterocycles. The zero-order valence-electron chi connectivity index (χ0n) is 11.9. The van der Waals surface area contributed by atoms with Gasteiger partial charge in [0.25, 0.3) is 5.91 Å². The largest absolute Gasteiger partial charge is 0.322 e. The van der Waals surface area contributed by atoms with Gasteiger partial charge >= 0.3 is 0 Å². The Bertz CT molecular complexity index is 697. The van der Waals surface area contributed by atoms with Gasteiger partial charge in [-0.1, -0.05) is 23.7 Å². The molecule has 2 aromatic carbocycles. The molecule has 1 aliphatic rings. The highest BCUT2D eigenvalue weighted by atomic mass is 35.5. The Balaban J connectivity index is 1.86. The number of hydrogen-bond donors (Lipinski definition) is 2. The molecule has 0 fully saturated rings. The highest BCUT2D eigenvalue weighted by molar-refractivity contribution is 6.31. The smallest absolute Gasteiger partial charge is 0.255 e. The van der Waals surface area contributed by atoms with E-state index >= 15 is 0 Å². The van der Waals surface area contributed by atoms with Gasteiger partial charge in [-0.15, -0.1) is 0 Å². The van der Waals surface area contributed by atoms with E-state index in [1.54, 1.807) is 12.1 Å². The summed E-state index contributed by atoms with van der Waals surface area (Å²) in [5, 5.41) is 7.03. The predicted molar refractivity (Wildman–Crippen MR) is 86.0 cm³/mol. The van der Waals surface area contributed by atoms with Crippen molar-refractivity contribution in [1.82, 2.24) is 5.32 Å². The quantitative estimate of drug-likeness (QED) is 0.890. The third-order valence-corrected chi connectivity index (χ3v) is 4.24. The van der Waals surface area contributed by atoms with Gasteiger partial charge in [0, 0.05) is 22.8 Å². The summed E-state index contributed by atoms with van der Waals surface area (Å²) < 4.78 is 0. The van der Waals surface area contributed by atoms with Crippen molar-refractivity contribution in [1.29, 1.82) is 0 Å². The Hall–Kier alpha value is -1.84. The van der Waals surface area contributed by atoms with E-state index in [4.69, 9.17) is 11.6 Å². The third kappa shape index (κ3) is 2.94. The fraction of sp³-hybridized carbons (Fsp3) is 0.235. The lowest BCUT2D eigenvalue weighted by atomic mass is 9.99. The average molecular weight is 301 g/mol. The van der Waals surface area contributed by atoms with Crippen LogP contribution in [0, 0.1) is 6.92 Å². The number of fused-ring (bicyclic) bond motifs is 1. The van der Waals surface area contributed by atoms with Gasteiger partial charge in [-0.2, -0.15) is 0 Å². The Morgan fingerprint density at radius 3 is 2.95 bits per heavy atom. The maximum atomic E-state index is 12.4. The SMILES string of the molecule is Cc1cc(C(=O)Nc2cccc3c2CNCC3)ccc1Cl. The first kappa shape index (κ1) is 14.1. The molecular formula is C17H17ClN2O. The normalized spacial score (nSPS) is 13.6. The standard InChI is InChI=1S/C17H17ClN2O/c1-11-9-13(5-6-15(11)18)17(21)20-16-4-2-3-12-7-8-19-10-14(12)16/h2-6,9,19H,7-8,10H2,1H3,(H,20,21). The van der Waals surface area contributed by atoms with E-state index in [1.807, 2.05) is 25.1 Å². The molecule has 0 unspecified atom stereocenters. The lowest BCUT2D eigenvalue weighted by Gasteiger charge is -2.20. The zero-order chi connectivity index (χ0) is 14.8. The summed E-state index contributed by atoms with van der Waals surface area (Å²) in [6.45, 7) is 3.68. The number of anilines is 1. The summed E-state index contributed by atoms with van der Waals surface area (Å²) in [5.41, 5.74) is 4.90. The molecule has 0 radical (unpaired) electrons. The highest BCUT2D eigenvalue weighted by Crippen LogP contribution is 2.24. The van der Waals surface area contributed by atoms with Gasteiger partial charge in [-0.05, 0) is 60.8 Å². The molecule has 1 heterocycles. The fourth-order valence-corrected chi connectivity index (χ4v) is 2.73. The van der Waals surface area contributed by atoms with E-state index in [0.717, 1.165) is 30.8 Å². The van der Waals surface area contributed by atoms with Crippen molar-refractivity contribution in [3.63, 3.8) is 0 Å². The summed E-state index contributed by atoms with van der Waals surface area (Å²) in [7, 11) is 0. The number of benzene rings is 2. The van der Waals surface area contributed by atoms with Crippen LogP contribution in [-0.4, -0.2) is 12.5 Å². The lowest BCUT2D eigenvalue weighted by molar-refractivity contribution is 0.102. The number of hydrogen-bond acceptors (Lipinski definition) is 2. The van der Waals surface area contributed by atoms with Crippen molar-refractivity contribution in [2.45, 2.75) is 19.9 Å². The molecule has 0 aliphatic carbocycles. The number of rotatable bonds is 2. The number of nitrogens with one attached hydrogen (secondary N) is 2. The number of aryl methyl sites for hydroxylation is 1. The molecule has 3 nitrogen and oxygen atoms in total. The topological polar surface area (TPSA) is 41.1 Å². The molecule has 2 N–H and O–H groups in total. The summed E-state index contributed by atoms with van der Waals surface area (Å²) in [6.07, 6.45) is 0.999. The number of carbonyl (C=O) groups excluding carboxylic acids is 1. The van der Waals surface area contributed by atoms with Crippen molar-refractivity contribution in [2.75, 3.05) is 11.9 Å². The minimum Gasteiger partial charge on any atom is -0.322 e. The molecule has 108 valence electrons. The average Bonchev–Trinajstić information content (AvgIpc) is 2.50. The molecule has 0 spiro atoms. The van der Waals surface area contributed by atoms with Crippen LogP contribution in [0.3, 0.4) is 0 Å². The Morgan fingerprint density at radius 1 is 1.29 bits per heavy atom. The molecule has 4 heteroatoms. The summed E-state index contributed by atoms with van der Waals surface area (Å²) in [4.78, 5) is 12.4. The summed E-state index contributed by atoms with van der Waals surface area (Å²) in [6, 6.07) is 11.4. The van der Waals surface area contributed by atoms with Crippen molar-refractivity contribution >= 4 is 23.2 Å². The highest BCUT2D eigenvalue weighted by Gasteiger charge is 2.15. The van der Waals surface area contributed by atoms with E-state index in [0.29, 0.717) is 10.6 Å². The van der Waals surface area contributed by atoms with Crippen molar-refractivity contribution in [3.8, 4) is 0 Å². The van der Waals surface area contributed by atoms with Crippen LogP contribution in [0.5, 0.6) is 0 Å². The molecule has 0 bridgehead atoms. The summed E-state index contributed by atoms with van der Waals surface area (Å²) in [5.74, 6) is -0.103. The number of amides is 1. The molecular weight excluding hydrogens is 284 g/mol. The fourth-order valence-electron chi connectivity index (χ4n) is 2.61. The van der Waals surface area contributed by atoms with Crippen LogP contribution in [0.4, 0.5) is 5.69 Å². The van der Waals surface area contributed by atoms with Crippen LogP contribution >= 0.6 is 11.6 Å². The van der Waals surface area contributed by atoms with Gasteiger partial charge in [0.1, 0.15) is 0 Å². The Labute approximate surface area is 129 Å². The molecule has 0 atom stereocenters. The van der Waals surface area contributed by atoms with Crippen molar-refractivity contribution in [2.24, 2.45) is 0 Å². The van der Waals surface area contributed by atoms with Crippen LogP contribution in [0.2, 0.25) is 5.02 Å². The van der Waals surface area contributed by atoms with Crippen molar-refractivity contribution < 1.29 is 4.79 Å². The minimum absolute atomic E-state index is 0.103. The number of carbonyl (C=O) groups is 1. The van der Waals surface area contributed by atoms with Gasteiger partial charge in [0.2, 0.25) is 0 Å². The van der Waals surface area contributed by atoms with Gasteiger partial charge < -0.3 is 10.6 Å². The van der Waals surface area contributed by atoms with E-state index in [9.17, 15) is 4.79 Å². The van der Waals surface area contributed by atoms with E-state index in [2.05, 4.69) is 16.7 Å². The first-order valence-electron chi connectivity index (χ1n) is 7.04. The van der Waals surface area contributed by atoms with E-state index in [1.165, 1.54) is 11.1 Å². The second-order valence-corrected chi connectivity index (χ2v) is 5.70. The molecule has 1 amide bonds. The van der Waals surface area contributed by atoms with Crippen LogP contribution in [-0.2, 0) is 13.0 Å². The third-order valence-electron chi connectivity index (χ3n) is 3.81. The zero-order valence-corrected chi connectivity index (χ0v) is 12.6. The van der Waals surface area contributed by atoms with Crippen LogP contribution in [0.1, 0.15) is 27.0 Å². The molecule has 0 saturated carbocycles. The van der Waals surface area contributed by atoms with Crippen LogP contribution in [0.25, 0.3) is 0 Å². The van der Waals surface area contributed by atoms with Crippen LogP contribution < -0.4 is 10.6 Å². The van der Waals surface area contributed by atoms with Crippen molar-refractivity contribution in [3.05, 3.63) is 63.7 Å². The lowest BCUT2D eigenvalue weighted by Crippen LogP contribution is -2.25. The first-order valence-corrected chi connectivity index (χ1v) is 7.42. The van der Waals surface area contributed by atoms with Gasteiger partial charge in [-0.3, -0.25) is 4.79 Å². The van der Waals surface area contributed by atoms with Crippen LogP contribution in [0.15, 0.2) is 36.4 Å². The Kier molecular flexibility index (Phi) is 3.95. The van der Waals surface area contributed by atoms with Gasteiger partial charge in [-0.25, -0.2) is 0 Å². The molecule has 2 aromatic rings. The van der Waals surface area contributed by atoms with E-state index in [-0.39, 0.29) is 5.91 Å². The molecule has 0 aromatic heterocycles. The maximum Gasteiger partial charge on any atom is 0.255 e. The predicted octanol–water partition coefficient (Wildman–Crippen LogP) is 3.55. The Morgan fingerprint density at radius 2 is 2.14 bits per heavy atom. The van der Waals surface area contributed by atoms with Gasteiger partial charge in [0.15, 0.2) is 0 Å². The number of halogens is 1. The minimum atomic E-state index is -0.103. The first-order chi connectivity index (χ1) is 10.1. The maximum absolute atomic E-state index is 12.4.